The Labute approximate surface area is 372 Å². The van der Waals surface area contributed by atoms with Crippen LogP contribution in [0.2, 0.25) is 5.15 Å². The Morgan fingerprint density at radius 3 is 2.22 bits per heavy atom. The second-order valence-corrected chi connectivity index (χ2v) is 18.1. The number of nitrogens with zero attached hydrogens (tertiary/aromatic N) is 5. The fraction of sp³-hybridized carbons (Fsp3) is 0.265. The monoisotopic (exact) mass is 877 g/mol. The van der Waals surface area contributed by atoms with Crippen LogP contribution >= 0.6 is 23.2 Å². The topological polar surface area (TPSA) is 155 Å². The molecule has 2 saturated heterocycles. The minimum Gasteiger partial charge on any atom is -0.436 e. The Hall–Kier alpha value is -6.50. The van der Waals surface area contributed by atoms with E-state index in [1.54, 1.807) is 12.3 Å². The molecule has 1 unspecified atom stereocenters. The van der Waals surface area contributed by atoms with Crippen LogP contribution in [0.1, 0.15) is 66.2 Å². The number of pyridine rings is 1. The van der Waals surface area contributed by atoms with Gasteiger partial charge in [-0.2, -0.15) is 0 Å². The predicted molar refractivity (Wildman–Crippen MR) is 240 cm³/mol. The molecule has 0 spiro atoms. The number of carbonyl (C=O) groups is 4. The van der Waals surface area contributed by atoms with E-state index in [9.17, 15) is 19.2 Å². The summed E-state index contributed by atoms with van der Waals surface area (Å²) in [5.74, 6) is 0.864. The summed E-state index contributed by atoms with van der Waals surface area (Å²) in [7, 11) is 0. The van der Waals surface area contributed by atoms with Crippen LogP contribution in [0.15, 0.2) is 119 Å². The number of oxazole rings is 1. The quantitative estimate of drug-likeness (QED) is 0.102. The van der Waals surface area contributed by atoms with E-state index < -0.39 is 11.9 Å². The van der Waals surface area contributed by atoms with E-state index in [-0.39, 0.29) is 59.9 Å². The molecule has 12 nitrogen and oxygen atoms in total. The average Bonchev–Trinajstić information content (AvgIpc) is 4.05. The second kappa shape index (κ2) is 15.4. The van der Waals surface area contributed by atoms with Crippen LogP contribution in [0.3, 0.4) is 0 Å². The third-order valence-corrected chi connectivity index (χ3v) is 13.8. The number of nitrogens with two attached hydrogens (primary N) is 1. The summed E-state index contributed by atoms with van der Waals surface area (Å²) in [6.07, 6.45) is 7.25. The molecule has 2 aliphatic carbocycles. The molecule has 5 aliphatic rings. The standard InChI is InChI=1S/C49H41Cl2N7O5/c50-41-21-28-5-1-3-7-36(28)45(55-41)48(61)56-35(18-31-19-38(31)56)24-44(60)54-32-13-9-26(10-14-32)40-25-53-47(63-40)27-11-15-33(16-12-27)58-42(51)22-29-6-2-4-8-37(29)46(58)49(62)57-34(23-43(52)59)17-30-20-39(30)57/h1-16,21-22,25,30-31,34-35,38-39,46H,17-20,23-24H2,(H2,52,59)(H,54,60)/t30-,31-,34+,35+,38+,39+,46?/m1/s1. The number of likely N-dealkylation sites (tertiary alicyclic amines) is 2. The van der Waals surface area contributed by atoms with Crippen molar-refractivity contribution in [2.75, 3.05) is 10.2 Å². The van der Waals surface area contributed by atoms with Gasteiger partial charge in [-0.05, 0) is 115 Å². The van der Waals surface area contributed by atoms with Crippen molar-refractivity contribution in [3.05, 3.63) is 136 Å². The van der Waals surface area contributed by atoms with Crippen LogP contribution in [0.5, 0.6) is 0 Å². The number of amides is 4. The van der Waals surface area contributed by atoms with Crippen molar-refractivity contribution in [2.45, 2.75) is 68.7 Å². The third kappa shape index (κ3) is 7.20. The molecule has 6 aromatic rings. The van der Waals surface area contributed by atoms with Gasteiger partial charge in [0.1, 0.15) is 22.0 Å². The zero-order valence-corrected chi connectivity index (χ0v) is 35.4. The minimum absolute atomic E-state index is 0.0955. The third-order valence-electron chi connectivity index (χ3n) is 13.3. The lowest BCUT2D eigenvalue weighted by Gasteiger charge is -2.40. The van der Waals surface area contributed by atoms with Gasteiger partial charge in [-0.3, -0.25) is 19.2 Å². The van der Waals surface area contributed by atoms with Crippen molar-refractivity contribution in [2.24, 2.45) is 17.6 Å². The summed E-state index contributed by atoms with van der Waals surface area (Å²) < 4.78 is 6.23. The fourth-order valence-corrected chi connectivity index (χ4v) is 10.8. The highest BCUT2D eigenvalue weighted by molar-refractivity contribution is 6.34. The SMILES string of the molecule is NC(=O)C[C@@H]1C[C@@H]2C[C@@H]2N1C(=O)C1c2ccccc2C=C(Cl)N1c1ccc(-c2ncc(-c3ccc(NC(=O)C[C@@H]4C[C@@H]5C[C@@H]5N4C(=O)c4nc(Cl)cc5ccccc45)cc3)o2)cc1. The van der Waals surface area contributed by atoms with Gasteiger partial charge in [0.25, 0.3) is 11.8 Å². The molecule has 4 aromatic carbocycles. The zero-order valence-electron chi connectivity index (χ0n) is 33.9. The summed E-state index contributed by atoms with van der Waals surface area (Å²) in [6, 6.07) is 31.0. The summed E-state index contributed by atoms with van der Waals surface area (Å²) in [5, 5.41) is 5.27. The first kappa shape index (κ1) is 39.4. The van der Waals surface area contributed by atoms with Crippen molar-refractivity contribution in [3.63, 3.8) is 0 Å². The van der Waals surface area contributed by atoms with Crippen LogP contribution in [-0.4, -0.2) is 67.6 Å². The molecule has 2 saturated carbocycles. The summed E-state index contributed by atoms with van der Waals surface area (Å²) in [4.78, 5) is 68.5. The van der Waals surface area contributed by atoms with E-state index in [1.807, 2.05) is 118 Å². The lowest BCUT2D eigenvalue weighted by atomic mass is 9.93. The smallest absolute Gasteiger partial charge is 0.273 e. The Bertz CT molecular complexity index is 2880. The molecule has 316 valence electrons. The Balaban J connectivity index is 0.767. The second-order valence-electron chi connectivity index (χ2n) is 17.3. The number of hydrogen-bond donors (Lipinski definition) is 2. The Morgan fingerprint density at radius 1 is 0.778 bits per heavy atom. The molecule has 2 aromatic heterocycles. The van der Waals surface area contributed by atoms with Gasteiger partial charge >= 0.3 is 0 Å². The van der Waals surface area contributed by atoms with Gasteiger partial charge in [-0.1, -0.05) is 71.7 Å². The van der Waals surface area contributed by atoms with E-state index in [0.717, 1.165) is 58.7 Å². The lowest BCUT2D eigenvalue weighted by Crippen LogP contribution is -2.48. The maximum Gasteiger partial charge on any atom is 0.273 e. The maximum atomic E-state index is 14.6. The highest BCUT2D eigenvalue weighted by Crippen LogP contribution is 2.52. The lowest BCUT2D eigenvalue weighted by molar-refractivity contribution is -0.135. The molecule has 4 amide bonds. The first-order chi connectivity index (χ1) is 30.6. The number of rotatable bonds is 10. The molecule has 0 bridgehead atoms. The number of piperidine rings is 2. The largest absolute Gasteiger partial charge is 0.436 e. The maximum absolute atomic E-state index is 14.6. The molecule has 3 aliphatic heterocycles. The molecular formula is C49H41Cl2N7O5. The van der Waals surface area contributed by atoms with Crippen LogP contribution in [0, 0.1) is 11.8 Å². The van der Waals surface area contributed by atoms with E-state index in [0.29, 0.717) is 45.7 Å². The number of anilines is 2. The van der Waals surface area contributed by atoms with Crippen LogP contribution in [0.25, 0.3) is 39.6 Å². The van der Waals surface area contributed by atoms with Gasteiger partial charge in [-0.15, -0.1) is 0 Å². The summed E-state index contributed by atoms with van der Waals surface area (Å²) >= 11 is 13.3. The summed E-state index contributed by atoms with van der Waals surface area (Å²) in [6.45, 7) is 0. The van der Waals surface area contributed by atoms with Gasteiger partial charge in [0.15, 0.2) is 5.76 Å². The number of benzene rings is 4. The number of aromatic nitrogens is 2. The van der Waals surface area contributed by atoms with E-state index >= 15 is 0 Å². The number of primary amides is 1. The zero-order chi connectivity index (χ0) is 43.1. The molecule has 0 radical (unpaired) electrons. The normalized spacial score (nSPS) is 24.1. The van der Waals surface area contributed by atoms with E-state index in [1.165, 1.54) is 0 Å². The Morgan fingerprint density at radius 2 is 1.46 bits per heavy atom. The number of carbonyl (C=O) groups excluding carboxylic acids is 4. The number of halogens is 2. The molecule has 3 N–H and O–H groups in total. The molecule has 5 heterocycles. The first-order valence-electron chi connectivity index (χ1n) is 21.3. The van der Waals surface area contributed by atoms with Crippen molar-refractivity contribution in [1.82, 2.24) is 19.8 Å². The van der Waals surface area contributed by atoms with Crippen molar-refractivity contribution in [1.29, 1.82) is 0 Å². The fourth-order valence-electron chi connectivity index (χ4n) is 10.3. The average molecular weight is 879 g/mol. The van der Waals surface area contributed by atoms with Gasteiger partial charge in [0.2, 0.25) is 17.7 Å². The van der Waals surface area contributed by atoms with Crippen molar-refractivity contribution >= 4 is 75.1 Å². The van der Waals surface area contributed by atoms with Gasteiger partial charge in [0.05, 0.1) is 6.20 Å². The number of hydrogen-bond acceptors (Lipinski definition) is 8. The number of fused-ring (bicyclic) bond motifs is 4. The van der Waals surface area contributed by atoms with E-state index in [4.69, 9.17) is 33.4 Å². The highest BCUT2D eigenvalue weighted by atomic mass is 35.5. The number of nitrogens with one attached hydrogen (secondary N) is 1. The van der Waals surface area contributed by atoms with Gasteiger partial charge in [0, 0.05) is 64.9 Å². The van der Waals surface area contributed by atoms with Crippen LogP contribution in [-0.2, 0) is 14.4 Å². The molecule has 63 heavy (non-hydrogen) atoms. The van der Waals surface area contributed by atoms with Crippen molar-refractivity contribution < 1.29 is 23.6 Å². The Kier molecular flexibility index (Phi) is 9.61. The molecule has 4 fully saturated rings. The van der Waals surface area contributed by atoms with Crippen LogP contribution < -0.4 is 16.0 Å². The first-order valence-corrected chi connectivity index (χ1v) is 22.0. The molecule has 14 heteroatoms. The predicted octanol–water partition coefficient (Wildman–Crippen LogP) is 8.81. The van der Waals surface area contributed by atoms with E-state index in [2.05, 4.69) is 15.3 Å². The van der Waals surface area contributed by atoms with Gasteiger partial charge in [-0.25, -0.2) is 9.97 Å². The molecule has 11 rings (SSSR count). The van der Waals surface area contributed by atoms with Crippen molar-refractivity contribution in [3.8, 4) is 22.8 Å². The summed E-state index contributed by atoms with van der Waals surface area (Å²) in [5.41, 5.74) is 10.5. The molecular weight excluding hydrogens is 837 g/mol. The highest BCUT2D eigenvalue weighted by Gasteiger charge is 2.56. The van der Waals surface area contributed by atoms with Gasteiger partial charge < -0.3 is 30.2 Å². The minimum atomic E-state index is -0.731. The van der Waals surface area contributed by atoms with Crippen LogP contribution in [0.4, 0.5) is 11.4 Å². The molecule has 7 atom stereocenters.